The van der Waals surface area contributed by atoms with Crippen LogP contribution in [-0.2, 0) is 0 Å². The van der Waals surface area contributed by atoms with Gasteiger partial charge in [-0.05, 0) is 26.0 Å². The maximum atomic E-state index is 13.0. The summed E-state index contributed by atoms with van der Waals surface area (Å²) in [6, 6.07) is 4.39. The Labute approximate surface area is 92.0 Å². The zero-order valence-corrected chi connectivity index (χ0v) is 9.00. The summed E-state index contributed by atoms with van der Waals surface area (Å²) in [6.07, 6.45) is 0. The molecule has 1 aromatic heterocycles. The van der Waals surface area contributed by atoms with Gasteiger partial charge in [-0.25, -0.2) is 14.4 Å². The van der Waals surface area contributed by atoms with Gasteiger partial charge in [0.05, 0.1) is 17.0 Å². The van der Waals surface area contributed by atoms with Crippen LogP contribution < -0.4 is 5.32 Å². The van der Waals surface area contributed by atoms with Gasteiger partial charge in [-0.1, -0.05) is 0 Å². The molecule has 16 heavy (non-hydrogen) atoms. The van der Waals surface area contributed by atoms with Crippen molar-refractivity contribution in [1.82, 2.24) is 9.97 Å². The molecule has 5 heteroatoms. The van der Waals surface area contributed by atoms with Crippen molar-refractivity contribution in [3.05, 3.63) is 29.7 Å². The average molecular weight is 218 g/mol. The Morgan fingerprint density at radius 3 is 2.81 bits per heavy atom. The maximum Gasteiger partial charge on any atom is 0.228 e. The zero-order chi connectivity index (χ0) is 11.7. The number of aromatic nitrogens is 2. The van der Waals surface area contributed by atoms with Crippen LogP contribution in [0.4, 0.5) is 10.3 Å². The molecule has 0 saturated carbocycles. The Bertz CT molecular complexity index is 565. The highest BCUT2D eigenvalue weighted by atomic mass is 19.1. The summed E-state index contributed by atoms with van der Waals surface area (Å²) in [5, 5.41) is 10.8. The number of anilines is 1. The van der Waals surface area contributed by atoms with Crippen molar-refractivity contribution in [1.29, 1.82) is 5.41 Å². The lowest BCUT2D eigenvalue weighted by Gasteiger charge is -2.06. The summed E-state index contributed by atoms with van der Waals surface area (Å²) < 4.78 is 13.0. The van der Waals surface area contributed by atoms with E-state index in [1.54, 1.807) is 13.0 Å². The first-order valence-electron chi connectivity index (χ1n) is 4.82. The van der Waals surface area contributed by atoms with Crippen LogP contribution in [0.15, 0.2) is 18.2 Å². The highest BCUT2D eigenvalue weighted by Gasteiger charge is 2.05. The molecule has 0 spiro atoms. The Morgan fingerprint density at radius 2 is 2.12 bits per heavy atom. The van der Waals surface area contributed by atoms with E-state index in [1.807, 2.05) is 6.92 Å². The third-order valence-corrected chi connectivity index (χ3v) is 2.15. The van der Waals surface area contributed by atoms with Crippen LogP contribution in [0.1, 0.15) is 12.6 Å². The van der Waals surface area contributed by atoms with E-state index in [0.29, 0.717) is 11.5 Å². The summed E-state index contributed by atoms with van der Waals surface area (Å²) in [5.74, 6) is 0.237. The first-order chi connectivity index (χ1) is 7.56. The number of nitrogens with one attached hydrogen (secondary N) is 2. The van der Waals surface area contributed by atoms with Crippen molar-refractivity contribution >= 4 is 22.7 Å². The van der Waals surface area contributed by atoms with Gasteiger partial charge in [0, 0.05) is 11.5 Å². The topological polar surface area (TPSA) is 61.7 Å². The minimum absolute atomic E-state index is 0.246. The number of hydrogen-bond acceptors (Lipinski definition) is 3. The van der Waals surface area contributed by atoms with Crippen LogP contribution in [0.3, 0.4) is 0 Å². The van der Waals surface area contributed by atoms with Gasteiger partial charge in [0.25, 0.3) is 0 Å². The SMILES string of the molecule is CC(=N)Nc1nc(C)c2ccc(F)cc2n1. The van der Waals surface area contributed by atoms with Crippen LogP contribution in [0, 0.1) is 18.2 Å². The number of benzene rings is 1. The summed E-state index contributed by atoms with van der Waals surface area (Å²) in [5.41, 5.74) is 1.30. The second kappa shape index (κ2) is 3.84. The fraction of sp³-hybridized carbons (Fsp3) is 0.182. The fourth-order valence-corrected chi connectivity index (χ4v) is 1.49. The van der Waals surface area contributed by atoms with Crippen molar-refractivity contribution in [2.24, 2.45) is 0 Å². The average Bonchev–Trinajstić information content (AvgIpc) is 2.15. The van der Waals surface area contributed by atoms with Crippen molar-refractivity contribution in [2.75, 3.05) is 5.32 Å². The molecule has 1 heterocycles. The minimum Gasteiger partial charge on any atom is -0.313 e. The van der Waals surface area contributed by atoms with Gasteiger partial charge >= 0.3 is 0 Å². The Morgan fingerprint density at radius 1 is 1.38 bits per heavy atom. The van der Waals surface area contributed by atoms with Crippen LogP contribution in [0.5, 0.6) is 0 Å². The highest BCUT2D eigenvalue weighted by molar-refractivity contribution is 5.90. The maximum absolute atomic E-state index is 13.0. The molecule has 2 N–H and O–H groups in total. The predicted molar refractivity (Wildman–Crippen MR) is 61.3 cm³/mol. The number of rotatable bonds is 1. The number of fused-ring (bicyclic) bond motifs is 1. The molecule has 0 amide bonds. The van der Waals surface area contributed by atoms with Crippen molar-refractivity contribution < 1.29 is 4.39 Å². The Balaban J connectivity index is 2.60. The van der Waals surface area contributed by atoms with E-state index in [2.05, 4.69) is 15.3 Å². The second-order valence-corrected chi connectivity index (χ2v) is 3.54. The van der Waals surface area contributed by atoms with Gasteiger partial charge < -0.3 is 5.32 Å². The summed E-state index contributed by atoms with van der Waals surface area (Å²) >= 11 is 0. The van der Waals surface area contributed by atoms with Crippen LogP contribution >= 0.6 is 0 Å². The van der Waals surface area contributed by atoms with Crippen LogP contribution in [-0.4, -0.2) is 15.8 Å². The normalized spacial score (nSPS) is 10.4. The summed E-state index contributed by atoms with van der Waals surface area (Å²) in [6.45, 7) is 3.42. The second-order valence-electron chi connectivity index (χ2n) is 3.54. The molecule has 1 aromatic carbocycles. The van der Waals surface area contributed by atoms with Crippen molar-refractivity contribution in [3.63, 3.8) is 0 Å². The molecule has 0 bridgehead atoms. The molecule has 0 aliphatic heterocycles. The van der Waals surface area contributed by atoms with E-state index in [1.165, 1.54) is 12.1 Å². The molecule has 0 saturated heterocycles. The number of nitrogens with zero attached hydrogens (tertiary/aromatic N) is 2. The Hall–Kier alpha value is -2.04. The molecular formula is C11H11FN4. The molecule has 2 rings (SSSR count). The lowest BCUT2D eigenvalue weighted by molar-refractivity contribution is 0.629. The predicted octanol–water partition coefficient (Wildman–Crippen LogP) is 2.49. The van der Waals surface area contributed by atoms with Crippen LogP contribution in [0.25, 0.3) is 10.9 Å². The number of hydrogen-bond donors (Lipinski definition) is 2. The number of aryl methyl sites for hydroxylation is 1. The van der Waals surface area contributed by atoms with E-state index < -0.39 is 0 Å². The van der Waals surface area contributed by atoms with Gasteiger partial charge in [-0.2, -0.15) is 0 Å². The van der Waals surface area contributed by atoms with E-state index in [0.717, 1.165) is 11.1 Å². The van der Waals surface area contributed by atoms with E-state index in [9.17, 15) is 4.39 Å². The number of halogens is 1. The zero-order valence-electron chi connectivity index (χ0n) is 9.00. The molecule has 0 aliphatic rings. The quantitative estimate of drug-likeness (QED) is 0.571. The monoisotopic (exact) mass is 218 g/mol. The van der Waals surface area contributed by atoms with Gasteiger partial charge in [-0.15, -0.1) is 0 Å². The van der Waals surface area contributed by atoms with E-state index in [-0.39, 0.29) is 11.7 Å². The van der Waals surface area contributed by atoms with Gasteiger partial charge in [0.2, 0.25) is 5.95 Å². The highest BCUT2D eigenvalue weighted by Crippen LogP contribution is 2.18. The van der Waals surface area contributed by atoms with Crippen LogP contribution in [0.2, 0.25) is 0 Å². The molecule has 4 nitrogen and oxygen atoms in total. The molecule has 0 atom stereocenters. The first kappa shape index (κ1) is 10.5. The van der Waals surface area contributed by atoms with Gasteiger partial charge in [0.15, 0.2) is 0 Å². The molecule has 82 valence electrons. The third kappa shape index (κ3) is 1.98. The summed E-state index contributed by atoms with van der Waals surface area (Å²) in [7, 11) is 0. The lowest BCUT2D eigenvalue weighted by Crippen LogP contribution is -2.09. The summed E-state index contributed by atoms with van der Waals surface area (Å²) in [4.78, 5) is 8.32. The molecule has 0 aliphatic carbocycles. The van der Waals surface area contributed by atoms with Crippen molar-refractivity contribution in [2.45, 2.75) is 13.8 Å². The molecule has 0 fully saturated rings. The smallest absolute Gasteiger partial charge is 0.228 e. The van der Waals surface area contributed by atoms with E-state index >= 15 is 0 Å². The Kier molecular flexibility index (Phi) is 2.52. The van der Waals surface area contributed by atoms with Gasteiger partial charge in [-0.3, -0.25) is 5.41 Å². The van der Waals surface area contributed by atoms with E-state index in [4.69, 9.17) is 5.41 Å². The van der Waals surface area contributed by atoms with Crippen molar-refractivity contribution in [3.8, 4) is 0 Å². The molecule has 2 aromatic rings. The standard InChI is InChI=1S/C11H11FN4/c1-6-9-4-3-8(12)5-10(9)16-11(14-6)15-7(2)13/h3-5H,1-2H3,(H2,13,14,15,16). The lowest BCUT2D eigenvalue weighted by atomic mass is 10.2. The van der Waals surface area contributed by atoms with Gasteiger partial charge in [0.1, 0.15) is 5.82 Å². The minimum atomic E-state index is -0.330. The molecule has 0 unspecified atom stereocenters. The first-order valence-corrected chi connectivity index (χ1v) is 4.82. The largest absolute Gasteiger partial charge is 0.313 e. The number of amidine groups is 1. The molecule has 0 radical (unpaired) electrons. The fourth-order valence-electron chi connectivity index (χ4n) is 1.49. The molecular weight excluding hydrogens is 207 g/mol. The third-order valence-electron chi connectivity index (χ3n) is 2.15.